The summed E-state index contributed by atoms with van der Waals surface area (Å²) in [7, 11) is 2.96. The summed E-state index contributed by atoms with van der Waals surface area (Å²) in [4.78, 5) is 41.5. The van der Waals surface area contributed by atoms with E-state index in [9.17, 15) is 14.4 Å². The largest absolute Gasteiger partial charge is 0.495 e. The smallest absolute Gasteiger partial charge is 0.332 e. The molecule has 0 aliphatic carbocycles. The SMILES string of the molecule is COc1cc2c(cc1N)C(C)=CC(C)(C)N2CCCC(=O)ON(C)C(=O)CCC=O. The van der Waals surface area contributed by atoms with Crippen molar-refractivity contribution in [2.45, 2.75) is 52.0 Å². The molecular formula is C22H31N3O5. The van der Waals surface area contributed by atoms with Crippen LogP contribution in [0.2, 0.25) is 0 Å². The molecule has 0 saturated heterocycles. The molecule has 8 nitrogen and oxygen atoms in total. The second-order valence-corrected chi connectivity index (χ2v) is 7.91. The molecule has 0 radical (unpaired) electrons. The number of hydrogen-bond donors (Lipinski definition) is 1. The monoisotopic (exact) mass is 417 g/mol. The van der Waals surface area contributed by atoms with Crippen LogP contribution in [-0.2, 0) is 19.2 Å². The van der Waals surface area contributed by atoms with Crippen LogP contribution >= 0.6 is 0 Å². The Kier molecular flexibility index (Phi) is 7.48. The summed E-state index contributed by atoms with van der Waals surface area (Å²) < 4.78 is 5.40. The van der Waals surface area contributed by atoms with Crippen molar-refractivity contribution >= 4 is 35.1 Å². The number of aldehydes is 1. The molecule has 1 amide bonds. The lowest BCUT2D eigenvalue weighted by molar-refractivity contribution is -0.192. The van der Waals surface area contributed by atoms with Crippen LogP contribution in [0.3, 0.4) is 0 Å². The molecular weight excluding hydrogens is 386 g/mol. The van der Waals surface area contributed by atoms with Gasteiger partial charge in [-0.1, -0.05) is 6.08 Å². The summed E-state index contributed by atoms with van der Waals surface area (Å²) in [5, 5.41) is 0.895. The minimum atomic E-state index is -0.492. The number of methoxy groups -OCH3 is 1. The van der Waals surface area contributed by atoms with Crippen molar-refractivity contribution in [1.29, 1.82) is 0 Å². The van der Waals surface area contributed by atoms with E-state index >= 15 is 0 Å². The molecule has 1 aromatic rings. The number of fused-ring (bicyclic) bond motifs is 1. The Labute approximate surface area is 177 Å². The lowest BCUT2D eigenvalue weighted by Gasteiger charge is -2.43. The fourth-order valence-corrected chi connectivity index (χ4v) is 3.68. The van der Waals surface area contributed by atoms with Gasteiger partial charge in [-0.2, -0.15) is 5.06 Å². The van der Waals surface area contributed by atoms with Gasteiger partial charge in [-0.3, -0.25) is 4.79 Å². The van der Waals surface area contributed by atoms with Gasteiger partial charge in [-0.15, -0.1) is 0 Å². The van der Waals surface area contributed by atoms with Gasteiger partial charge in [0.2, 0.25) is 0 Å². The molecule has 0 unspecified atom stereocenters. The van der Waals surface area contributed by atoms with Gasteiger partial charge >= 0.3 is 5.97 Å². The molecule has 1 aliphatic rings. The Hall–Kier alpha value is -3.03. The number of amides is 1. The molecule has 8 heteroatoms. The number of ether oxygens (including phenoxy) is 1. The molecule has 1 heterocycles. The zero-order chi connectivity index (χ0) is 22.5. The standard InChI is InChI=1S/C22H31N3O5/c1-15-14-22(2,3)25(18-13-19(29-5)17(23)12-16(15)18)10-6-9-21(28)30-24(4)20(27)8-7-11-26/h11-14H,6-10,23H2,1-5H3. The van der Waals surface area contributed by atoms with Crippen LogP contribution in [-0.4, -0.2) is 49.5 Å². The zero-order valence-electron chi connectivity index (χ0n) is 18.4. The predicted octanol–water partition coefficient (Wildman–Crippen LogP) is 2.96. The van der Waals surface area contributed by atoms with Gasteiger partial charge in [-0.05, 0) is 38.8 Å². The van der Waals surface area contributed by atoms with Gasteiger partial charge in [0, 0.05) is 50.2 Å². The maximum Gasteiger partial charge on any atom is 0.332 e. The van der Waals surface area contributed by atoms with E-state index in [1.165, 1.54) is 7.05 Å². The van der Waals surface area contributed by atoms with Crippen molar-refractivity contribution in [3.05, 3.63) is 23.8 Å². The summed E-state index contributed by atoms with van der Waals surface area (Å²) >= 11 is 0. The molecule has 0 atom stereocenters. The van der Waals surface area contributed by atoms with Crippen LogP contribution in [0.4, 0.5) is 11.4 Å². The summed E-state index contributed by atoms with van der Waals surface area (Å²) in [5.41, 5.74) is 9.58. The zero-order valence-corrected chi connectivity index (χ0v) is 18.4. The third kappa shape index (κ3) is 5.31. The van der Waals surface area contributed by atoms with E-state index in [1.807, 2.05) is 12.1 Å². The van der Waals surface area contributed by atoms with Crippen molar-refractivity contribution in [1.82, 2.24) is 5.06 Å². The van der Waals surface area contributed by atoms with E-state index in [4.69, 9.17) is 15.3 Å². The van der Waals surface area contributed by atoms with Gasteiger partial charge in [0.25, 0.3) is 5.91 Å². The third-order valence-electron chi connectivity index (χ3n) is 5.16. The number of allylic oxidation sites excluding steroid dienone is 1. The average molecular weight is 418 g/mol. The number of hydroxylamine groups is 2. The highest BCUT2D eigenvalue weighted by atomic mass is 16.7. The van der Waals surface area contributed by atoms with Crippen LogP contribution in [0.5, 0.6) is 5.75 Å². The number of carbonyl (C=O) groups is 3. The highest BCUT2D eigenvalue weighted by Crippen LogP contribution is 2.43. The Morgan fingerprint density at radius 2 is 1.97 bits per heavy atom. The van der Waals surface area contributed by atoms with Crippen LogP contribution in [0.1, 0.15) is 52.0 Å². The lowest BCUT2D eigenvalue weighted by atomic mass is 9.88. The van der Waals surface area contributed by atoms with Crippen LogP contribution < -0.4 is 15.4 Å². The van der Waals surface area contributed by atoms with E-state index in [0.29, 0.717) is 30.7 Å². The molecule has 2 N–H and O–H groups in total. The van der Waals surface area contributed by atoms with Crippen molar-refractivity contribution < 1.29 is 24.0 Å². The number of nitrogens with two attached hydrogens (primary N) is 1. The second-order valence-electron chi connectivity index (χ2n) is 7.91. The molecule has 0 saturated carbocycles. The predicted molar refractivity (Wildman–Crippen MR) is 116 cm³/mol. The number of hydrogen-bond acceptors (Lipinski definition) is 7. The minimum Gasteiger partial charge on any atom is -0.495 e. The second kappa shape index (κ2) is 9.65. The van der Waals surface area contributed by atoms with E-state index in [1.54, 1.807) is 7.11 Å². The van der Waals surface area contributed by atoms with Crippen molar-refractivity contribution in [2.75, 3.05) is 31.3 Å². The summed E-state index contributed by atoms with van der Waals surface area (Å²) in [6.07, 6.45) is 3.65. The van der Waals surface area contributed by atoms with Gasteiger partial charge in [0.1, 0.15) is 12.0 Å². The highest BCUT2D eigenvalue weighted by Gasteiger charge is 2.32. The fourth-order valence-electron chi connectivity index (χ4n) is 3.68. The Morgan fingerprint density at radius 3 is 2.60 bits per heavy atom. The Bertz CT molecular complexity index is 847. The molecule has 1 aliphatic heterocycles. The van der Waals surface area contributed by atoms with E-state index < -0.39 is 11.9 Å². The number of rotatable bonds is 8. The maximum absolute atomic E-state index is 12.1. The first-order valence-electron chi connectivity index (χ1n) is 9.96. The molecule has 2 rings (SSSR count). The normalized spacial score (nSPS) is 14.4. The van der Waals surface area contributed by atoms with Gasteiger partial charge in [-0.25, -0.2) is 4.79 Å². The number of anilines is 2. The molecule has 0 spiro atoms. The average Bonchev–Trinajstić information content (AvgIpc) is 2.68. The fraction of sp³-hybridized carbons (Fsp3) is 0.500. The highest BCUT2D eigenvalue weighted by molar-refractivity contribution is 5.85. The van der Waals surface area contributed by atoms with Gasteiger partial charge < -0.3 is 25.0 Å². The van der Waals surface area contributed by atoms with E-state index in [0.717, 1.165) is 21.9 Å². The van der Waals surface area contributed by atoms with Crippen LogP contribution in [0, 0.1) is 0 Å². The molecule has 0 aromatic heterocycles. The summed E-state index contributed by atoms with van der Waals surface area (Å²) in [5.74, 6) is -0.292. The molecule has 1 aromatic carbocycles. The molecule has 0 fully saturated rings. The number of carbonyl (C=O) groups excluding carboxylic acids is 3. The number of nitrogens with zero attached hydrogens (tertiary/aromatic N) is 2. The molecule has 30 heavy (non-hydrogen) atoms. The first-order chi connectivity index (χ1) is 14.1. The maximum atomic E-state index is 12.1. The Morgan fingerprint density at radius 1 is 1.27 bits per heavy atom. The Balaban J connectivity index is 2.05. The summed E-state index contributed by atoms with van der Waals surface area (Å²) in [6, 6.07) is 3.84. The number of nitrogen functional groups attached to an aromatic ring is 1. The topological polar surface area (TPSA) is 102 Å². The third-order valence-corrected chi connectivity index (χ3v) is 5.16. The molecule has 164 valence electrons. The van der Waals surface area contributed by atoms with Crippen molar-refractivity contribution in [3.8, 4) is 5.75 Å². The molecule has 0 bridgehead atoms. The van der Waals surface area contributed by atoms with Crippen molar-refractivity contribution in [2.24, 2.45) is 0 Å². The van der Waals surface area contributed by atoms with Crippen LogP contribution in [0.25, 0.3) is 5.57 Å². The van der Waals surface area contributed by atoms with E-state index in [-0.39, 0.29) is 24.8 Å². The van der Waals surface area contributed by atoms with E-state index in [2.05, 4.69) is 31.7 Å². The lowest BCUT2D eigenvalue weighted by Crippen LogP contribution is -2.45. The number of benzene rings is 1. The quantitative estimate of drug-likeness (QED) is 0.394. The minimum absolute atomic E-state index is 0.0165. The van der Waals surface area contributed by atoms with Gasteiger partial charge in [0.15, 0.2) is 0 Å². The summed E-state index contributed by atoms with van der Waals surface area (Å²) in [6.45, 7) is 6.88. The van der Waals surface area contributed by atoms with Crippen molar-refractivity contribution in [3.63, 3.8) is 0 Å². The first-order valence-corrected chi connectivity index (χ1v) is 9.96. The first kappa shape index (κ1) is 23.3. The van der Waals surface area contributed by atoms with Gasteiger partial charge in [0.05, 0.1) is 18.3 Å². The van der Waals surface area contributed by atoms with Crippen LogP contribution in [0.15, 0.2) is 18.2 Å².